The van der Waals surface area contributed by atoms with Crippen LogP contribution in [-0.2, 0) is 6.42 Å². The lowest BCUT2D eigenvalue weighted by Crippen LogP contribution is -1.90. The summed E-state index contributed by atoms with van der Waals surface area (Å²) in [4.78, 5) is 0. The molecule has 1 heterocycles. The molecule has 21 heavy (non-hydrogen) atoms. The number of benzene rings is 3. The van der Waals surface area contributed by atoms with E-state index in [1.807, 2.05) is 12.1 Å². The quantitative estimate of drug-likeness (QED) is 0.657. The number of fused-ring (bicyclic) bond motifs is 1. The molecule has 0 aromatic heterocycles. The maximum Gasteiger partial charge on any atom is 0.0373 e. The van der Waals surface area contributed by atoms with Crippen molar-refractivity contribution in [3.05, 3.63) is 90.5 Å². The summed E-state index contributed by atoms with van der Waals surface area (Å²) in [6.07, 6.45) is 1.19. The second-order valence-electron chi connectivity index (χ2n) is 5.07. The SMILES string of the molecule is c1ccc(-c2ccccc2)cc1.c1ccc2c(c1)CCN2. The Morgan fingerprint density at radius 2 is 1.10 bits per heavy atom. The van der Waals surface area contributed by atoms with Crippen molar-refractivity contribution in [2.24, 2.45) is 0 Å². The molecule has 0 bridgehead atoms. The van der Waals surface area contributed by atoms with Crippen LogP contribution in [0.25, 0.3) is 11.1 Å². The third-order valence-corrected chi connectivity index (χ3v) is 3.61. The van der Waals surface area contributed by atoms with Gasteiger partial charge in [-0.3, -0.25) is 0 Å². The van der Waals surface area contributed by atoms with E-state index < -0.39 is 0 Å². The van der Waals surface area contributed by atoms with Crippen molar-refractivity contribution in [3.8, 4) is 11.1 Å². The second-order valence-corrected chi connectivity index (χ2v) is 5.07. The van der Waals surface area contributed by atoms with Crippen LogP contribution in [0.15, 0.2) is 84.9 Å². The first-order valence-electron chi connectivity index (χ1n) is 7.36. The normalized spacial score (nSPS) is 11.8. The molecule has 1 N–H and O–H groups in total. The third kappa shape index (κ3) is 3.51. The minimum atomic E-state index is 1.11. The number of hydrogen-bond acceptors (Lipinski definition) is 1. The number of rotatable bonds is 1. The highest BCUT2D eigenvalue weighted by atomic mass is 14.9. The van der Waals surface area contributed by atoms with Crippen molar-refractivity contribution in [1.29, 1.82) is 0 Å². The van der Waals surface area contributed by atoms with Crippen LogP contribution in [0.5, 0.6) is 0 Å². The van der Waals surface area contributed by atoms with E-state index in [2.05, 4.69) is 78.1 Å². The Kier molecular flexibility index (Phi) is 4.33. The zero-order valence-electron chi connectivity index (χ0n) is 12.0. The molecule has 1 nitrogen and oxygen atoms in total. The van der Waals surface area contributed by atoms with Gasteiger partial charge in [0.2, 0.25) is 0 Å². The molecular formula is C20H19N. The van der Waals surface area contributed by atoms with Gasteiger partial charge in [0.25, 0.3) is 0 Å². The Bertz CT molecular complexity index is 614. The average molecular weight is 273 g/mol. The maximum absolute atomic E-state index is 3.30. The lowest BCUT2D eigenvalue weighted by atomic mass is 10.1. The molecule has 0 saturated carbocycles. The predicted molar refractivity (Wildman–Crippen MR) is 90.5 cm³/mol. The summed E-state index contributed by atoms with van der Waals surface area (Å²) in [5.41, 5.74) is 5.33. The highest BCUT2D eigenvalue weighted by Gasteiger charge is 2.05. The smallest absolute Gasteiger partial charge is 0.0373 e. The summed E-state index contributed by atoms with van der Waals surface area (Å²) in [7, 11) is 0. The minimum absolute atomic E-state index is 1.11. The standard InChI is InChI=1S/C12H10.C8H9N/c1-3-7-11(8-4-1)12-9-5-2-6-10-12;1-2-4-8-7(3-1)5-6-9-8/h1-10H;1-4,9H,5-6H2. The van der Waals surface area contributed by atoms with Crippen molar-refractivity contribution in [3.63, 3.8) is 0 Å². The highest BCUT2D eigenvalue weighted by molar-refractivity contribution is 5.62. The number of anilines is 1. The van der Waals surface area contributed by atoms with E-state index in [1.165, 1.54) is 28.8 Å². The molecule has 0 radical (unpaired) electrons. The summed E-state index contributed by atoms with van der Waals surface area (Å²) in [6, 6.07) is 29.2. The van der Waals surface area contributed by atoms with Crippen molar-refractivity contribution in [2.75, 3.05) is 11.9 Å². The molecule has 0 saturated heterocycles. The van der Waals surface area contributed by atoms with E-state index in [0.717, 1.165) is 6.54 Å². The van der Waals surface area contributed by atoms with Crippen molar-refractivity contribution < 1.29 is 0 Å². The van der Waals surface area contributed by atoms with E-state index in [1.54, 1.807) is 0 Å². The van der Waals surface area contributed by atoms with E-state index in [9.17, 15) is 0 Å². The number of nitrogens with one attached hydrogen (secondary N) is 1. The first-order chi connectivity index (χ1) is 10.4. The molecule has 0 fully saturated rings. The van der Waals surface area contributed by atoms with Crippen molar-refractivity contribution >= 4 is 5.69 Å². The van der Waals surface area contributed by atoms with Crippen LogP contribution in [0.4, 0.5) is 5.69 Å². The fraction of sp³-hybridized carbons (Fsp3) is 0.100. The fourth-order valence-corrected chi connectivity index (χ4v) is 2.50. The van der Waals surface area contributed by atoms with Gasteiger partial charge < -0.3 is 5.32 Å². The van der Waals surface area contributed by atoms with Gasteiger partial charge >= 0.3 is 0 Å². The Morgan fingerprint density at radius 1 is 0.571 bits per heavy atom. The molecule has 0 amide bonds. The average Bonchev–Trinajstić information content (AvgIpc) is 3.06. The molecular weight excluding hydrogens is 254 g/mol. The lowest BCUT2D eigenvalue weighted by molar-refractivity contribution is 1.11. The van der Waals surface area contributed by atoms with Gasteiger partial charge in [-0.1, -0.05) is 78.9 Å². The number of para-hydroxylation sites is 1. The summed E-state index contributed by atoms with van der Waals surface area (Å²) in [5.74, 6) is 0. The molecule has 3 aromatic carbocycles. The first-order valence-corrected chi connectivity index (χ1v) is 7.36. The first kappa shape index (κ1) is 13.4. The van der Waals surface area contributed by atoms with E-state index in [4.69, 9.17) is 0 Å². The van der Waals surface area contributed by atoms with Crippen LogP contribution in [-0.4, -0.2) is 6.54 Å². The molecule has 104 valence electrons. The summed E-state index contributed by atoms with van der Waals surface area (Å²) in [6.45, 7) is 1.11. The molecule has 1 heteroatoms. The Morgan fingerprint density at radius 3 is 1.67 bits per heavy atom. The Hall–Kier alpha value is -2.54. The molecule has 3 aromatic rings. The van der Waals surface area contributed by atoms with Crippen LogP contribution < -0.4 is 5.32 Å². The number of hydrogen-bond donors (Lipinski definition) is 1. The van der Waals surface area contributed by atoms with Crippen LogP contribution in [0.3, 0.4) is 0 Å². The fourth-order valence-electron chi connectivity index (χ4n) is 2.50. The molecule has 0 unspecified atom stereocenters. The molecule has 1 aliphatic rings. The van der Waals surface area contributed by atoms with Crippen LogP contribution >= 0.6 is 0 Å². The van der Waals surface area contributed by atoms with Gasteiger partial charge in [-0.05, 0) is 29.2 Å². The zero-order chi connectivity index (χ0) is 14.3. The minimum Gasteiger partial charge on any atom is -0.384 e. The van der Waals surface area contributed by atoms with Gasteiger partial charge in [0.15, 0.2) is 0 Å². The van der Waals surface area contributed by atoms with Crippen molar-refractivity contribution in [1.82, 2.24) is 0 Å². The third-order valence-electron chi connectivity index (χ3n) is 3.61. The Labute approximate surface area is 126 Å². The maximum atomic E-state index is 3.30. The van der Waals surface area contributed by atoms with Gasteiger partial charge in [0.1, 0.15) is 0 Å². The molecule has 0 aliphatic carbocycles. The van der Waals surface area contributed by atoms with Gasteiger partial charge in [0.05, 0.1) is 0 Å². The van der Waals surface area contributed by atoms with Crippen molar-refractivity contribution in [2.45, 2.75) is 6.42 Å². The predicted octanol–water partition coefficient (Wildman–Crippen LogP) is 5.01. The van der Waals surface area contributed by atoms with Gasteiger partial charge in [-0.25, -0.2) is 0 Å². The Balaban J connectivity index is 0.000000131. The molecule has 0 spiro atoms. The van der Waals surface area contributed by atoms with Gasteiger partial charge in [-0.2, -0.15) is 0 Å². The van der Waals surface area contributed by atoms with Crippen LogP contribution in [0, 0.1) is 0 Å². The zero-order valence-corrected chi connectivity index (χ0v) is 12.0. The second kappa shape index (κ2) is 6.76. The van der Waals surface area contributed by atoms with Crippen LogP contribution in [0.1, 0.15) is 5.56 Å². The van der Waals surface area contributed by atoms with E-state index >= 15 is 0 Å². The molecule has 0 atom stereocenters. The topological polar surface area (TPSA) is 12.0 Å². The molecule has 4 rings (SSSR count). The van der Waals surface area contributed by atoms with Crippen LogP contribution in [0.2, 0.25) is 0 Å². The summed E-state index contributed by atoms with van der Waals surface area (Å²) in [5, 5.41) is 3.30. The lowest BCUT2D eigenvalue weighted by Gasteiger charge is -1.98. The highest BCUT2D eigenvalue weighted by Crippen LogP contribution is 2.20. The summed E-state index contributed by atoms with van der Waals surface area (Å²) < 4.78 is 0. The summed E-state index contributed by atoms with van der Waals surface area (Å²) >= 11 is 0. The van der Waals surface area contributed by atoms with Gasteiger partial charge in [-0.15, -0.1) is 0 Å². The largest absolute Gasteiger partial charge is 0.384 e. The van der Waals surface area contributed by atoms with E-state index in [0.29, 0.717) is 0 Å². The molecule has 1 aliphatic heterocycles. The monoisotopic (exact) mass is 273 g/mol. The van der Waals surface area contributed by atoms with E-state index in [-0.39, 0.29) is 0 Å². The van der Waals surface area contributed by atoms with Gasteiger partial charge in [0, 0.05) is 12.2 Å².